The predicted molar refractivity (Wildman–Crippen MR) is 88.1 cm³/mol. The van der Waals surface area contributed by atoms with Crippen LogP contribution in [0, 0.1) is 5.92 Å². The number of carbonyl (C=O) groups excluding carboxylic acids is 1. The van der Waals surface area contributed by atoms with E-state index in [9.17, 15) is 13.2 Å². The lowest BCUT2D eigenvalue weighted by molar-refractivity contribution is -0.120. The van der Waals surface area contributed by atoms with Crippen molar-refractivity contribution in [3.63, 3.8) is 0 Å². The van der Waals surface area contributed by atoms with E-state index < -0.39 is 15.9 Å². The molecular formula is C16H19N3O3S. The van der Waals surface area contributed by atoms with Crippen molar-refractivity contribution in [1.82, 2.24) is 15.0 Å². The lowest BCUT2D eigenvalue weighted by atomic mass is 10.1. The summed E-state index contributed by atoms with van der Waals surface area (Å²) < 4.78 is 26.7. The van der Waals surface area contributed by atoms with Gasteiger partial charge in [0, 0.05) is 18.0 Å². The first-order valence-electron chi connectivity index (χ1n) is 7.60. The van der Waals surface area contributed by atoms with E-state index in [1.807, 2.05) is 12.1 Å². The van der Waals surface area contributed by atoms with Gasteiger partial charge in [0.05, 0.1) is 11.3 Å². The van der Waals surface area contributed by atoms with Crippen molar-refractivity contribution in [3.8, 4) is 0 Å². The van der Waals surface area contributed by atoms with Crippen molar-refractivity contribution in [2.45, 2.75) is 18.6 Å². The summed E-state index contributed by atoms with van der Waals surface area (Å²) >= 11 is 0. The molecule has 0 radical (unpaired) electrons. The topological polar surface area (TPSA) is 88.2 Å². The fraction of sp³-hybridized carbons (Fsp3) is 0.375. The van der Waals surface area contributed by atoms with Crippen LogP contribution in [0.5, 0.6) is 0 Å². The Morgan fingerprint density at radius 1 is 1.30 bits per heavy atom. The molecule has 2 aromatic rings. The summed E-state index contributed by atoms with van der Waals surface area (Å²) in [6.07, 6.45) is 2.81. The van der Waals surface area contributed by atoms with Crippen molar-refractivity contribution in [1.29, 1.82) is 0 Å². The lowest BCUT2D eigenvalue weighted by Crippen LogP contribution is -2.33. The van der Waals surface area contributed by atoms with Crippen LogP contribution in [-0.4, -0.2) is 32.4 Å². The van der Waals surface area contributed by atoms with Gasteiger partial charge >= 0.3 is 0 Å². The van der Waals surface area contributed by atoms with Gasteiger partial charge in [0.1, 0.15) is 0 Å². The van der Waals surface area contributed by atoms with Crippen molar-refractivity contribution in [2.24, 2.45) is 5.92 Å². The van der Waals surface area contributed by atoms with Crippen LogP contribution in [0.2, 0.25) is 0 Å². The van der Waals surface area contributed by atoms with Crippen LogP contribution in [0.1, 0.15) is 18.4 Å². The summed E-state index contributed by atoms with van der Waals surface area (Å²) in [6.45, 7) is 1.65. The Balaban J connectivity index is 1.71. The van der Waals surface area contributed by atoms with Gasteiger partial charge < -0.3 is 5.32 Å². The van der Waals surface area contributed by atoms with Gasteiger partial charge in [-0.1, -0.05) is 18.2 Å². The van der Waals surface area contributed by atoms with Crippen molar-refractivity contribution in [2.75, 3.05) is 13.1 Å². The van der Waals surface area contributed by atoms with Gasteiger partial charge in [-0.3, -0.25) is 14.5 Å². The molecule has 7 heteroatoms. The average molecular weight is 333 g/mol. The molecule has 1 aliphatic heterocycles. The molecule has 2 heterocycles. The molecule has 122 valence electrons. The van der Waals surface area contributed by atoms with E-state index in [2.05, 4.69) is 15.0 Å². The lowest BCUT2D eigenvalue weighted by Gasteiger charge is -2.11. The van der Waals surface area contributed by atoms with Crippen molar-refractivity contribution < 1.29 is 13.2 Å². The highest BCUT2D eigenvalue weighted by Gasteiger charge is 2.22. The van der Waals surface area contributed by atoms with E-state index in [0.717, 1.165) is 30.4 Å². The summed E-state index contributed by atoms with van der Waals surface area (Å²) in [7, 11) is -3.71. The van der Waals surface area contributed by atoms with E-state index in [0.29, 0.717) is 5.56 Å². The van der Waals surface area contributed by atoms with Gasteiger partial charge in [0.2, 0.25) is 15.9 Å². The number of aromatic nitrogens is 1. The number of amides is 1. The third-order valence-corrected chi connectivity index (χ3v) is 5.22. The molecule has 1 amide bonds. The van der Waals surface area contributed by atoms with Crippen LogP contribution >= 0.6 is 0 Å². The minimum absolute atomic E-state index is 0.215. The quantitative estimate of drug-likeness (QED) is 0.858. The normalized spacial score (nSPS) is 18.2. The number of fused-ring (bicyclic) bond motifs is 1. The first kappa shape index (κ1) is 15.9. The minimum atomic E-state index is -3.71. The Bertz CT molecular complexity index is 809. The highest BCUT2D eigenvalue weighted by molar-refractivity contribution is 7.89. The average Bonchev–Trinajstić information content (AvgIpc) is 2.99. The third kappa shape index (κ3) is 4.05. The second kappa shape index (κ2) is 6.64. The number of nitrogens with one attached hydrogen (secondary N) is 2. The molecule has 6 nitrogen and oxygen atoms in total. The summed E-state index contributed by atoms with van der Waals surface area (Å²) in [6, 6.07) is 8.95. The molecule has 0 aliphatic carbocycles. The molecular weight excluding hydrogens is 314 g/mol. The van der Waals surface area contributed by atoms with E-state index in [1.54, 1.807) is 24.4 Å². The number of rotatable bonds is 5. The Kier molecular flexibility index (Phi) is 4.58. The molecule has 1 aliphatic rings. The summed E-state index contributed by atoms with van der Waals surface area (Å²) in [4.78, 5) is 16.2. The largest absolute Gasteiger partial charge is 0.316 e. The van der Waals surface area contributed by atoms with Crippen LogP contribution in [0.15, 0.2) is 36.5 Å². The Morgan fingerprint density at radius 2 is 2.17 bits per heavy atom. The molecule has 1 atom stereocenters. The second-order valence-electron chi connectivity index (χ2n) is 5.83. The third-order valence-electron chi connectivity index (χ3n) is 3.99. The number of hydrogen-bond acceptors (Lipinski definition) is 5. The van der Waals surface area contributed by atoms with Crippen molar-refractivity contribution >= 4 is 26.8 Å². The molecule has 0 bridgehead atoms. The maximum atomic E-state index is 12.3. The standard InChI is InChI=1S/C16H19N3O3S/c20-16(9-12-6-8-17-10-12)19-23(21,22)11-13-3-1-5-15-14(13)4-2-7-18-15/h1-5,7,12,17H,6,8-11H2,(H,19,20). The van der Waals surface area contributed by atoms with Crippen LogP contribution in [0.4, 0.5) is 0 Å². The first-order chi connectivity index (χ1) is 11.0. The molecule has 3 rings (SSSR count). The number of nitrogens with zero attached hydrogens (tertiary/aromatic N) is 1. The highest BCUT2D eigenvalue weighted by atomic mass is 32.2. The molecule has 1 unspecified atom stereocenters. The number of carbonyl (C=O) groups is 1. The van der Waals surface area contributed by atoms with Crippen LogP contribution in [-0.2, 0) is 20.6 Å². The van der Waals surface area contributed by atoms with E-state index >= 15 is 0 Å². The smallest absolute Gasteiger partial charge is 0.239 e. The summed E-state index contributed by atoms with van der Waals surface area (Å²) in [5.74, 6) is -0.450. The van der Waals surface area contributed by atoms with Gasteiger partial charge in [0.25, 0.3) is 0 Å². The van der Waals surface area contributed by atoms with Gasteiger partial charge in [-0.25, -0.2) is 8.42 Å². The zero-order chi connectivity index (χ0) is 16.3. The molecule has 1 fully saturated rings. The highest BCUT2D eigenvalue weighted by Crippen LogP contribution is 2.19. The molecule has 1 aromatic carbocycles. The predicted octanol–water partition coefficient (Wildman–Crippen LogP) is 1.18. The van der Waals surface area contributed by atoms with E-state index in [4.69, 9.17) is 0 Å². The van der Waals surface area contributed by atoms with Crippen molar-refractivity contribution in [3.05, 3.63) is 42.1 Å². The Hall–Kier alpha value is -1.99. The minimum Gasteiger partial charge on any atom is -0.316 e. The zero-order valence-corrected chi connectivity index (χ0v) is 13.5. The van der Waals surface area contributed by atoms with Gasteiger partial charge in [-0.15, -0.1) is 0 Å². The van der Waals surface area contributed by atoms with Gasteiger partial charge in [-0.05, 0) is 43.1 Å². The maximum Gasteiger partial charge on any atom is 0.239 e. The van der Waals surface area contributed by atoms with Crippen LogP contribution in [0.3, 0.4) is 0 Å². The fourth-order valence-corrected chi connectivity index (χ4v) is 4.06. The SMILES string of the molecule is O=C(CC1CCNC1)NS(=O)(=O)Cc1cccc2ncccc12. The fourth-order valence-electron chi connectivity index (χ4n) is 2.90. The second-order valence-corrected chi connectivity index (χ2v) is 7.56. The summed E-state index contributed by atoms with van der Waals surface area (Å²) in [5.41, 5.74) is 1.38. The Morgan fingerprint density at radius 3 is 2.96 bits per heavy atom. The maximum absolute atomic E-state index is 12.3. The zero-order valence-electron chi connectivity index (χ0n) is 12.7. The monoisotopic (exact) mass is 333 g/mol. The molecule has 0 saturated carbocycles. The molecule has 1 aromatic heterocycles. The van der Waals surface area contributed by atoms with Gasteiger partial charge in [0.15, 0.2) is 0 Å². The molecule has 0 spiro atoms. The molecule has 2 N–H and O–H groups in total. The number of benzene rings is 1. The van der Waals surface area contributed by atoms with Gasteiger partial charge in [-0.2, -0.15) is 0 Å². The number of pyridine rings is 1. The number of hydrogen-bond donors (Lipinski definition) is 2. The molecule has 1 saturated heterocycles. The molecule has 23 heavy (non-hydrogen) atoms. The van der Waals surface area contributed by atoms with Crippen LogP contribution < -0.4 is 10.0 Å². The Labute approximate surface area is 135 Å². The van der Waals surface area contributed by atoms with E-state index in [1.165, 1.54) is 0 Å². The summed E-state index contributed by atoms with van der Waals surface area (Å²) in [5, 5.41) is 3.95. The first-order valence-corrected chi connectivity index (χ1v) is 9.25. The van der Waals surface area contributed by atoms with Crippen LogP contribution in [0.25, 0.3) is 10.9 Å². The number of sulfonamides is 1. The van der Waals surface area contributed by atoms with E-state index in [-0.39, 0.29) is 18.1 Å².